The third kappa shape index (κ3) is 3.77. The van der Waals surface area contributed by atoms with Crippen molar-refractivity contribution >= 4 is 17.5 Å². The number of carbonyl (C=O) groups excluding carboxylic acids is 1. The van der Waals surface area contributed by atoms with E-state index in [1.165, 1.54) is 17.8 Å². The highest BCUT2D eigenvalue weighted by atomic mass is 32.2. The molecule has 1 heterocycles. The van der Waals surface area contributed by atoms with Crippen LogP contribution in [-0.2, 0) is 0 Å². The average Bonchev–Trinajstić information content (AvgIpc) is 3.09. The van der Waals surface area contributed by atoms with Gasteiger partial charge in [0.1, 0.15) is 17.4 Å². The first-order valence-electron chi connectivity index (χ1n) is 7.83. The number of aromatic nitrogens is 2. The Hall–Kier alpha value is -2.67. The van der Waals surface area contributed by atoms with Gasteiger partial charge in [0, 0.05) is 24.1 Å². The average molecular weight is 374 g/mol. The molecule has 4 nitrogen and oxygen atoms in total. The van der Waals surface area contributed by atoms with Gasteiger partial charge >= 0.3 is 0 Å². The van der Waals surface area contributed by atoms with Gasteiger partial charge in [0.25, 0.3) is 0 Å². The quantitative estimate of drug-likeness (QED) is 0.470. The minimum absolute atomic E-state index is 0.131. The molecule has 7 heteroatoms. The van der Waals surface area contributed by atoms with Crippen LogP contribution in [0.4, 0.5) is 8.78 Å². The monoisotopic (exact) mass is 374 g/mol. The number of Topliss-reactive ketones (excluding diaryl/α,β-unsaturated/α-hetero) is 1. The third-order valence-electron chi connectivity index (χ3n) is 3.81. The zero-order chi connectivity index (χ0) is 18.7. The second kappa shape index (κ2) is 7.70. The number of halogens is 2. The molecule has 0 N–H and O–H groups in total. The number of rotatable bonds is 6. The van der Waals surface area contributed by atoms with Crippen molar-refractivity contribution in [2.24, 2.45) is 0 Å². The van der Waals surface area contributed by atoms with Gasteiger partial charge < -0.3 is 4.74 Å². The largest absolute Gasteiger partial charge is 0.497 e. The Morgan fingerprint density at radius 1 is 1.19 bits per heavy atom. The van der Waals surface area contributed by atoms with Gasteiger partial charge in [0.05, 0.1) is 17.9 Å². The maximum Gasteiger partial charge on any atom is 0.178 e. The van der Waals surface area contributed by atoms with Crippen LogP contribution in [0.15, 0.2) is 60.0 Å². The van der Waals surface area contributed by atoms with Crippen LogP contribution in [0, 0.1) is 11.6 Å². The normalized spacial score (nSPS) is 12.0. The van der Waals surface area contributed by atoms with Crippen LogP contribution in [0.3, 0.4) is 0 Å². The van der Waals surface area contributed by atoms with Gasteiger partial charge in [0.2, 0.25) is 0 Å². The molecule has 1 aromatic heterocycles. The highest BCUT2D eigenvalue weighted by molar-refractivity contribution is 8.00. The fourth-order valence-electron chi connectivity index (χ4n) is 2.44. The maximum atomic E-state index is 13.9. The number of nitrogens with zero attached hydrogens (tertiary/aromatic N) is 2. The van der Waals surface area contributed by atoms with Crippen LogP contribution in [0.5, 0.6) is 5.75 Å². The molecule has 2 aromatic carbocycles. The Morgan fingerprint density at radius 3 is 2.58 bits per heavy atom. The van der Waals surface area contributed by atoms with Gasteiger partial charge in [-0.3, -0.25) is 9.36 Å². The second-order valence-corrected chi connectivity index (χ2v) is 6.83. The molecular weight excluding hydrogens is 358 g/mol. The van der Waals surface area contributed by atoms with Crippen LogP contribution in [0.1, 0.15) is 17.3 Å². The van der Waals surface area contributed by atoms with Gasteiger partial charge in [-0.15, -0.1) is 0 Å². The van der Waals surface area contributed by atoms with E-state index in [2.05, 4.69) is 4.98 Å². The third-order valence-corrected chi connectivity index (χ3v) is 4.89. The Kier molecular flexibility index (Phi) is 5.37. The van der Waals surface area contributed by atoms with E-state index in [1.807, 2.05) is 28.8 Å². The van der Waals surface area contributed by atoms with Crippen molar-refractivity contribution in [3.05, 3.63) is 72.1 Å². The van der Waals surface area contributed by atoms with E-state index in [-0.39, 0.29) is 5.56 Å². The van der Waals surface area contributed by atoms with Crippen LogP contribution >= 0.6 is 11.8 Å². The van der Waals surface area contributed by atoms with Crippen molar-refractivity contribution in [1.82, 2.24) is 9.55 Å². The summed E-state index contributed by atoms with van der Waals surface area (Å²) in [5.74, 6) is -1.26. The standard InChI is InChI=1S/C19H16F2N2O2S/c1-12(18(24)16-8-3-13(20)11-17(16)21)26-19-22-9-10-23(19)14-4-6-15(25-2)7-5-14/h3-12H,1-2H3. The molecule has 26 heavy (non-hydrogen) atoms. The van der Waals surface area contributed by atoms with E-state index in [9.17, 15) is 13.6 Å². The van der Waals surface area contributed by atoms with Crippen LogP contribution in [0.25, 0.3) is 5.69 Å². The zero-order valence-electron chi connectivity index (χ0n) is 14.1. The van der Waals surface area contributed by atoms with Crippen molar-refractivity contribution in [3.8, 4) is 11.4 Å². The summed E-state index contributed by atoms with van der Waals surface area (Å²) in [4.78, 5) is 16.8. The number of benzene rings is 2. The lowest BCUT2D eigenvalue weighted by atomic mass is 10.1. The molecule has 0 saturated heterocycles. The summed E-state index contributed by atoms with van der Waals surface area (Å²) in [6.45, 7) is 1.67. The summed E-state index contributed by atoms with van der Waals surface area (Å²) in [7, 11) is 1.59. The molecular formula is C19H16F2N2O2S. The molecule has 0 amide bonds. The number of methoxy groups -OCH3 is 1. The Morgan fingerprint density at radius 2 is 1.92 bits per heavy atom. The first kappa shape index (κ1) is 18.1. The predicted molar refractivity (Wildman–Crippen MR) is 96.1 cm³/mol. The van der Waals surface area contributed by atoms with Gasteiger partial charge in [-0.25, -0.2) is 13.8 Å². The zero-order valence-corrected chi connectivity index (χ0v) is 15.0. The summed E-state index contributed by atoms with van der Waals surface area (Å²) in [6.07, 6.45) is 3.40. The highest BCUT2D eigenvalue weighted by Crippen LogP contribution is 2.28. The SMILES string of the molecule is COc1ccc(-n2ccnc2SC(C)C(=O)c2ccc(F)cc2F)cc1. The lowest BCUT2D eigenvalue weighted by Crippen LogP contribution is -2.16. The smallest absolute Gasteiger partial charge is 0.178 e. The van der Waals surface area contributed by atoms with E-state index in [1.54, 1.807) is 26.4 Å². The topological polar surface area (TPSA) is 44.1 Å². The van der Waals surface area contributed by atoms with Gasteiger partial charge in [-0.05, 0) is 43.3 Å². The molecule has 0 fully saturated rings. The molecule has 0 aliphatic carbocycles. The van der Waals surface area contributed by atoms with Crippen molar-refractivity contribution in [2.75, 3.05) is 7.11 Å². The van der Waals surface area contributed by atoms with Gasteiger partial charge in [-0.2, -0.15) is 0 Å². The van der Waals surface area contributed by atoms with Crippen LogP contribution in [-0.4, -0.2) is 27.7 Å². The number of hydrogen-bond donors (Lipinski definition) is 0. The molecule has 1 atom stereocenters. The van der Waals surface area contributed by atoms with E-state index in [0.717, 1.165) is 17.5 Å². The number of ether oxygens (including phenoxy) is 1. The first-order chi connectivity index (χ1) is 12.5. The van der Waals surface area contributed by atoms with Crippen molar-refractivity contribution in [1.29, 1.82) is 0 Å². The van der Waals surface area contributed by atoms with Crippen molar-refractivity contribution in [2.45, 2.75) is 17.3 Å². The summed E-state index contributed by atoms with van der Waals surface area (Å²) < 4.78 is 33.9. The van der Waals surface area contributed by atoms with Gasteiger partial charge in [0.15, 0.2) is 10.9 Å². The highest BCUT2D eigenvalue weighted by Gasteiger charge is 2.22. The maximum absolute atomic E-state index is 13.9. The molecule has 3 rings (SSSR count). The molecule has 0 spiro atoms. The summed E-state index contributed by atoms with van der Waals surface area (Å²) in [5, 5.41) is 0.00731. The Balaban J connectivity index is 1.80. The van der Waals surface area contributed by atoms with E-state index < -0.39 is 22.7 Å². The summed E-state index contributed by atoms with van der Waals surface area (Å²) in [6, 6.07) is 10.3. The molecule has 1 unspecified atom stereocenters. The number of thioether (sulfide) groups is 1. The van der Waals surface area contributed by atoms with Gasteiger partial charge in [-0.1, -0.05) is 11.8 Å². The van der Waals surface area contributed by atoms with E-state index >= 15 is 0 Å². The van der Waals surface area contributed by atoms with Crippen molar-refractivity contribution in [3.63, 3.8) is 0 Å². The molecule has 0 aliphatic heterocycles. The Bertz CT molecular complexity index is 926. The van der Waals surface area contributed by atoms with Crippen molar-refractivity contribution < 1.29 is 18.3 Å². The first-order valence-corrected chi connectivity index (χ1v) is 8.71. The van der Waals surface area contributed by atoms with E-state index in [0.29, 0.717) is 11.2 Å². The molecule has 0 aliphatic rings. The molecule has 0 bridgehead atoms. The second-order valence-electron chi connectivity index (χ2n) is 5.53. The summed E-state index contributed by atoms with van der Waals surface area (Å²) >= 11 is 1.21. The minimum Gasteiger partial charge on any atom is -0.497 e. The van der Waals surface area contributed by atoms with E-state index in [4.69, 9.17) is 4.74 Å². The fourth-order valence-corrected chi connectivity index (χ4v) is 3.39. The number of ketones is 1. The van der Waals surface area contributed by atoms with Crippen LogP contribution < -0.4 is 4.74 Å². The fraction of sp³-hybridized carbons (Fsp3) is 0.158. The molecule has 3 aromatic rings. The Labute approximate surface area is 153 Å². The molecule has 0 radical (unpaired) electrons. The lowest BCUT2D eigenvalue weighted by Gasteiger charge is -2.13. The molecule has 134 valence electrons. The summed E-state index contributed by atoms with van der Waals surface area (Å²) in [5.41, 5.74) is 0.729. The number of carbonyl (C=O) groups is 1. The number of hydrogen-bond acceptors (Lipinski definition) is 4. The lowest BCUT2D eigenvalue weighted by molar-refractivity contribution is 0.0990. The molecule has 0 saturated carbocycles. The predicted octanol–water partition coefficient (Wildman–Crippen LogP) is 4.52. The van der Waals surface area contributed by atoms with Crippen LogP contribution in [0.2, 0.25) is 0 Å². The minimum atomic E-state index is -0.860. The number of imidazole rings is 1.